The molecule has 25 heavy (non-hydrogen) atoms. The van der Waals surface area contributed by atoms with Gasteiger partial charge in [-0.25, -0.2) is 13.4 Å². The standard InChI is InChI=1S/C16H25N3O4S2/c1-4-8-19(12-7-9-25(22,23)10-12)14(20)6-5-13-11(2)17-16(24-3)18-15(13)21/h12H,4-10H2,1-3H3,(H,17,18,21). The summed E-state index contributed by atoms with van der Waals surface area (Å²) in [5.74, 6) is 0.0866. The predicted octanol–water partition coefficient (Wildman–Crippen LogP) is 1.16. The van der Waals surface area contributed by atoms with Crippen LogP contribution in [0.3, 0.4) is 0 Å². The number of aromatic nitrogens is 2. The molecule has 0 aliphatic carbocycles. The molecule has 1 aliphatic rings. The van der Waals surface area contributed by atoms with Crippen LogP contribution in [0.1, 0.15) is 37.4 Å². The Labute approximate surface area is 152 Å². The van der Waals surface area contributed by atoms with Crippen LogP contribution >= 0.6 is 11.8 Å². The van der Waals surface area contributed by atoms with Gasteiger partial charge in [-0.1, -0.05) is 18.7 Å². The summed E-state index contributed by atoms with van der Waals surface area (Å²) >= 11 is 1.36. The Bertz CT molecular complexity index is 789. The van der Waals surface area contributed by atoms with Gasteiger partial charge in [0, 0.05) is 30.3 Å². The Balaban J connectivity index is 2.08. The van der Waals surface area contributed by atoms with Crippen LogP contribution in [-0.4, -0.2) is 59.5 Å². The second kappa shape index (κ2) is 8.35. The molecule has 1 aliphatic heterocycles. The molecule has 0 bridgehead atoms. The molecule has 1 amide bonds. The lowest BCUT2D eigenvalue weighted by atomic mass is 10.1. The third kappa shape index (κ3) is 5.07. The minimum absolute atomic E-state index is 0.0440. The Kier molecular flexibility index (Phi) is 6.67. The summed E-state index contributed by atoms with van der Waals surface area (Å²) in [5.41, 5.74) is 0.933. The number of nitrogens with zero attached hydrogens (tertiary/aromatic N) is 2. The number of aromatic amines is 1. The number of aryl methyl sites for hydroxylation is 1. The highest BCUT2D eigenvalue weighted by molar-refractivity contribution is 7.98. The highest BCUT2D eigenvalue weighted by Gasteiger charge is 2.34. The lowest BCUT2D eigenvalue weighted by Gasteiger charge is -2.28. The molecule has 1 fully saturated rings. The maximum absolute atomic E-state index is 12.6. The van der Waals surface area contributed by atoms with Crippen molar-refractivity contribution in [1.82, 2.24) is 14.9 Å². The number of carbonyl (C=O) groups excluding carboxylic acids is 1. The van der Waals surface area contributed by atoms with Crippen LogP contribution < -0.4 is 5.56 Å². The van der Waals surface area contributed by atoms with E-state index >= 15 is 0 Å². The molecular weight excluding hydrogens is 362 g/mol. The number of thioether (sulfide) groups is 1. The van der Waals surface area contributed by atoms with Gasteiger partial charge in [-0.05, 0) is 32.4 Å². The van der Waals surface area contributed by atoms with E-state index in [1.807, 2.05) is 13.2 Å². The van der Waals surface area contributed by atoms with Gasteiger partial charge < -0.3 is 9.88 Å². The van der Waals surface area contributed by atoms with Crippen LogP contribution in [0.5, 0.6) is 0 Å². The van der Waals surface area contributed by atoms with Gasteiger partial charge in [0.15, 0.2) is 15.0 Å². The van der Waals surface area contributed by atoms with E-state index in [2.05, 4.69) is 9.97 Å². The van der Waals surface area contributed by atoms with Crippen LogP contribution in [-0.2, 0) is 21.1 Å². The van der Waals surface area contributed by atoms with Crippen LogP contribution in [0, 0.1) is 6.92 Å². The molecule has 7 nitrogen and oxygen atoms in total. The SMILES string of the molecule is CCCN(C(=O)CCc1c(C)nc(SC)[nH]c1=O)C1CCS(=O)(=O)C1. The number of amides is 1. The first-order valence-electron chi connectivity index (χ1n) is 8.41. The fraction of sp³-hybridized carbons (Fsp3) is 0.688. The molecule has 9 heteroatoms. The minimum atomic E-state index is -3.04. The molecule has 0 saturated carbocycles. The molecule has 1 atom stereocenters. The van der Waals surface area contributed by atoms with Crippen LogP contribution in [0.2, 0.25) is 0 Å². The van der Waals surface area contributed by atoms with Crippen molar-refractivity contribution in [2.45, 2.75) is 50.7 Å². The molecule has 0 aromatic carbocycles. The molecule has 1 unspecified atom stereocenters. The Morgan fingerprint density at radius 3 is 2.68 bits per heavy atom. The molecular formula is C16H25N3O4S2. The Hall–Kier alpha value is -1.35. The van der Waals surface area contributed by atoms with Gasteiger partial charge >= 0.3 is 0 Å². The molecule has 1 saturated heterocycles. The van der Waals surface area contributed by atoms with Crippen molar-refractivity contribution >= 4 is 27.5 Å². The van der Waals surface area contributed by atoms with Gasteiger partial charge in [0.2, 0.25) is 5.91 Å². The van der Waals surface area contributed by atoms with E-state index in [4.69, 9.17) is 0 Å². The number of rotatable bonds is 7. The fourth-order valence-corrected chi connectivity index (χ4v) is 5.28. The summed E-state index contributed by atoms with van der Waals surface area (Å²) in [4.78, 5) is 33.5. The van der Waals surface area contributed by atoms with Gasteiger partial charge in [-0.2, -0.15) is 0 Å². The van der Waals surface area contributed by atoms with Gasteiger partial charge in [-0.3, -0.25) is 9.59 Å². The summed E-state index contributed by atoms with van der Waals surface area (Å²) in [6.07, 6.45) is 3.59. The quantitative estimate of drug-likeness (QED) is 0.557. The zero-order valence-electron chi connectivity index (χ0n) is 14.9. The first-order chi connectivity index (χ1) is 11.8. The molecule has 1 aromatic heterocycles. The number of hydrogen-bond acceptors (Lipinski definition) is 6. The van der Waals surface area contributed by atoms with Gasteiger partial charge in [0.25, 0.3) is 5.56 Å². The number of hydrogen-bond donors (Lipinski definition) is 1. The molecule has 1 N–H and O–H groups in total. The topological polar surface area (TPSA) is 100 Å². The summed E-state index contributed by atoms with van der Waals surface area (Å²) < 4.78 is 23.4. The molecule has 1 aromatic rings. The van der Waals surface area contributed by atoms with Crippen LogP contribution in [0.4, 0.5) is 0 Å². The first kappa shape index (κ1) is 20.0. The number of nitrogens with one attached hydrogen (secondary N) is 1. The van der Waals surface area contributed by atoms with E-state index in [0.29, 0.717) is 35.8 Å². The van der Waals surface area contributed by atoms with Gasteiger partial charge in [0.05, 0.1) is 11.5 Å². The van der Waals surface area contributed by atoms with Crippen molar-refractivity contribution in [2.24, 2.45) is 0 Å². The average molecular weight is 388 g/mol. The van der Waals surface area contributed by atoms with Crippen LogP contribution in [0.15, 0.2) is 9.95 Å². The minimum Gasteiger partial charge on any atom is -0.339 e. The van der Waals surface area contributed by atoms with Gasteiger partial charge in [0.1, 0.15) is 0 Å². The molecule has 0 radical (unpaired) electrons. The van der Waals surface area contributed by atoms with Crippen molar-refractivity contribution < 1.29 is 13.2 Å². The highest BCUT2D eigenvalue weighted by Crippen LogP contribution is 2.19. The van der Waals surface area contributed by atoms with E-state index in [1.165, 1.54) is 11.8 Å². The first-order valence-corrected chi connectivity index (χ1v) is 11.5. The number of sulfone groups is 1. The zero-order valence-corrected chi connectivity index (χ0v) is 16.5. The maximum atomic E-state index is 12.6. The second-order valence-corrected chi connectivity index (χ2v) is 9.31. The highest BCUT2D eigenvalue weighted by atomic mass is 32.2. The van der Waals surface area contributed by atoms with Crippen molar-refractivity contribution in [3.8, 4) is 0 Å². The molecule has 0 spiro atoms. The van der Waals surface area contributed by atoms with E-state index in [1.54, 1.807) is 11.8 Å². The van der Waals surface area contributed by atoms with Gasteiger partial charge in [-0.15, -0.1) is 0 Å². The van der Waals surface area contributed by atoms with Crippen molar-refractivity contribution in [3.63, 3.8) is 0 Å². The molecule has 2 rings (SSSR count). The predicted molar refractivity (Wildman–Crippen MR) is 98.8 cm³/mol. The zero-order chi connectivity index (χ0) is 18.6. The Morgan fingerprint density at radius 1 is 1.44 bits per heavy atom. The van der Waals surface area contributed by atoms with E-state index in [9.17, 15) is 18.0 Å². The van der Waals surface area contributed by atoms with Crippen molar-refractivity contribution in [3.05, 3.63) is 21.6 Å². The van der Waals surface area contributed by atoms with E-state index < -0.39 is 9.84 Å². The average Bonchev–Trinajstić information content (AvgIpc) is 2.90. The summed E-state index contributed by atoms with van der Waals surface area (Å²) in [6.45, 7) is 4.27. The third-order valence-electron chi connectivity index (χ3n) is 4.42. The summed E-state index contributed by atoms with van der Waals surface area (Å²) in [6, 6.07) is -0.242. The summed E-state index contributed by atoms with van der Waals surface area (Å²) in [7, 11) is -3.04. The van der Waals surface area contributed by atoms with E-state index in [-0.39, 0.29) is 35.4 Å². The monoisotopic (exact) mass is 387 g/mol. The number of carbonyl (C=O) groups is 1. The van der Waals surface area contributed by atoms with Crippen molar-refractivity contribution in [1.29, 1.82) is 0 Å². The molecule has 2 heterocycles. The summed E-state index contributed by atoms with van der Waals surface area (Å²) in [5, 5.41) is 0.557. The lowest BCUT2D eigenvalue weighted by molar-refractivity contribution is -0.133. The number of H-pyrrole nitrogens is 1. The third-order valence-corrected chi connectivity index (χ3v) is 6.75. The largest absolute Gasteiger partial charge is 0.339 e. The smallest absolute Gasteiger partial charge is 0.254 e. The Morgan fingerprint density at radius 2 is 2.16 bits per heavy atom. The van der Waals surface area contributed by atoms with E-state index in [0.717, 1.165) is 6.42 Å². The second-order valence-electron chi connectivity index (χ2n) is 6.28. The molecule has 140 valence electrons. The van der Waals surface area contributed by atoms with Crippen molar-refractivity contribution in [2.75, 3.05) is 24.3 Å². The lowest BCUT2D eigenvalue weighted by Crippen LogP contribution is -2.41. The fourth-order valence-electron chi connectivity index (χ4n) is 3.12. The maximum Gasteiger partial charge on any atom is 0.254 e. The van der Waals surface area contributed by atoms with Crippen LogP contribution in [0.25, 0.3) is 0 Å². The normalized spacial score (nSPS) is 19.1.